The van der Waals surface area contributed by atoms with Gasteiger partial charge in [-0.1, -0.05) is 34.9 Å². The van der Waals surface area contributed by atoms with E-state index in [9.17, 15) is 0 Å². The summed E-state index contributed by atoms with van der Waals surface area (Å²) in [6, 6.07) is 6.56. The SMILES string of the molecule is Cc1cc(C)cc(C)c1.[CH3-].[Li+]. The van der Waals surface area contributed by atoms with Crippen LogP contribution in [0.2, 0.25) is 0 Å². The first-order valence-electron chi connectivity index (χ1n) is 3.23. The van der Waals surface area contributed by atoms with Gasteiger partial charge in [0.2, 0.25) is 0 Å². The Hall–Kier alpha value is -0.183. The van der Waals surface area contributed by atoms with Crippen LogP contribution in [-0.4, -0.2) is 0 Å². The second kappa shape index (κ2) is 5.47. The summed E-state index contributed by atoms with van der Waals surface area (Å²) in [4.78, 5) is 0. The number of aryl methyl sites for hydroxylation is 3. The molecular weight excluding hydrogens is 127 g/mol. The Labute approximate surface area is 82.2 Å². The minimum Gasteiger partial charge on any atom is -0.358 e. The second-order valence-electron chi connectivity index (χ2n) is 2.67. The van der Waals surface area contributed by atoms with E-state index in [2.05, 4.69) is 39.0 Å². The maximum atomic E-state index is 2.19. The van der Waals surface area contributed by atoms with Gasteiger partial charge in [-0.2, -0.15) is 0 Å². The number of rotatable bonds is 0. The van der Waals surface area contributed by atoms with E-state index in [4.69, 9.17) is 0 Å². The van der Waals surface area contributed by atoms with Gasteiger partial charge < -0.3 is 7.43 Å². The van der Waals surface area contributed by atoms with Gasteiger partial charge in [0.25, 0.3) is 0 Å². The summed E-state index contributed by atoms with van der Waals surface area (Å²) in [5, 5.41) is 0. The average molecular weight is 142 g/mol. The first-order chi connectivity index (χ1) is 4.18. The van der Waals surface area contributed by atoms with Gasteiger partial charge in [-0.3, -0.25) is 0 Å². The van der Waals surface area contributed by atoms with Crippen LogP contribution < -0.4 is 18.9 Å². The van der Waals surface area contributed by atoms with Gasteiger partial charge in [0.1, 0.15) is 0 Å². The van der Waals surface area contributed by atoms with Gasteiger partial charge >= 0.3 is 18.9 Å². The van der Waals surface area contributed by atoms with Gasteiger partial charge in [0.15, 0.2) is 0 Å². The van der Waals surface area contributed by atoms with Crippen LogP contribution in [-0.2, 0) is 0 Å². The van der Waals surface area contributed by atoms with Crippen molar-refractivity contribution in [3.63, 3.8) is 0 Å². The minimum absolute atomic E-state index is 0. The molecule has 0 radical (unpaired) electrons. The molecule has 1 aromatic rings. The van der Waals surface area contributed by atoms with Crippen LogP contribution >= 0.6 is 0 Å². The molecule has 0 nitrogen and oxygen atoms in total. The molecule has 0 unspecified atom stereocenters. The van der Waals surface area contributed by atoms with Crippen LogP contribution in [0.5, 0.6) is 0 Å². The average Bonchev–Trinajstić information content (AvgIpc) is 1.59. The van der Waals surface area contributed by atoms with E-state index in [1.165, 1.54) is 16.7 Å². The summed E-state index contributed by atoms with van der Waals surface area (Å²) in [7, 11) is 0. The van der Waals surface area contributed by atoms with Gasteiger partial charge in [0, 0.05) is 0 Å². The van der Waals surface area contributed by atoms with Gasteiger partial charge in [-0.15, -0.1) is 0 Å². The minimum atomic E-state index is 0. The topological polar surface area (TPSA) is 0 Å². The molecule has 0 aromatic heterocycles. The maximum absolute atomic E-state index is 2.19. The number of benzene rings is 1. The molecule has 1 heteroatoms. The molecule has 1 rings (SSSR count). The molecule has 0 fully saturated rings. The van der Waals surface area contributed by atoms with Crippen LogP contribution in [0.1, 0.15) is 16.7 Å². The Bertz CT molecular complexity index is 166. The van der Waals surface area contributed by atoms with Crippen molar-refractivity contribution in [2.24, 2.45) is 0 Å². The van der Waals surface area contributed by atoms with E-state index in [1.807, 2.05) is 0 Å². The van der Waals surface area contributed by atoms with Crippen LogP contribution in [0, 0.1) is 28.2 Å². The van der Waals surface area contributed by atoms with Crippen LogP contribution in [0.25, 0.3) is 0 Å². The molecule has 0 saturated heterocycles. The van der Waals surface area contributed by atoms with Crippen LogP contribution in [0.3, 0.4) is 0 Å². The third-order valence-corrected chi connectivity index (χ3v) is 1.37. The quantitative estimate of drug-likeness (QED) is 0.355. The zero-order chi connectivity index (χ0) is 6.85. The van der Waals surface area contributed by atoms with E-state index in [0.29, 0.717) is 0 Å². The summed E-state index contributed by atoms with van der Waals surface area (Å²) in [6.45, 7) is 6.38. The summed E-state index contributed by atoms with van der Waals surface area (Å²) in [6.07, 6.45) is 0. The van der Waals surface area contributed by atoms with Crippen LogP contribution in [0.4, 0.5) is 0 Å². The summed E-state index contributed by atoms with van der Waals surface area (Å²) in [5.74, 6) is 0. The molecule has 0 spiro atoms. The first kappa shape index (κ1) is 13.4. The van der Waals surface area contributed by atoms with Crippen molar-refractivity contribution in [2.45, 2.75) is 20.8 Å². The number of hydrogen-bond acceptors (Lipinski definition) is 0. The Kier molecular flexibility index (Phi) is 6.66. The molecule has 0 atom stereocenters. The molecule has 0 aliphatic rings. The Morgan fingerprint density at radius 2 is 0.909 bits per heavy atom. The molecule has 0 N–H and O–H groups in total. The number of hydrogen-bond donors (Lipinski definition) is 0. The van der Waals surface area contributed by atoms with E-state index in [1.54, 1.807) is 0 Å². The van der Waals surface area contributed by atoms with Gasteiger partial charge in [0.05, 0.1) is 0 Å². The fourth-order valence-electron chi connectivity index (χ4n) is 1.20. The molecular formula is C10H15Li. The predicted molar refractivity (Wildman–Crippen MR) is 47.1 cm³/mol. The molecule has 0 bridgehead atoms. The van der Waals surface area contributed by atoms with E-state index in [0.717, 1.165) is 0 Å². The zero-order valence-electron chi connectivity index (χ0n) is 8.23. The van der Waals surface area contributed by atoms with Crippen molar-refractivity contribution in [2.75, 3.05) is 0 Å². The van der Waals surface area contributed by atoms with Crippen molar-refractivity contribution in [1.82, 2.24) is 0 Å². The largest absolute Gasteiger partial charge is 1.00 e. The Morgan fingerprint density at radius 1 is 0.727 bits per heavy atom. The van der Waals surface area contributed by atoms with Crippen molar-refractivity contribution < 1.29 is 18.9 Å². The molecule has 1 aromatic carbocycles. The fraction of sp³-hybridized carbons (Fsp3) is 0.300. The normalized spacial score (nSPS) is 7.91. The zero-order valence-corrected chi connectivity index (χ0v) is 8.23. The van der Waals surface area contributed by atoms with Crippen molar-refractivity contribution in [3.8, 4) is 0 Å². The third kappa shape index (κ3) is 4.30. The first-order valence-corrected chi connectivity index (χ1v) is 3.23. The summed E-state index contributed by atoms with van der Waals surface area (Å²) < 4.78 is 0. The molecule has 0 aliphatic heterocycles. The van der Waals surface area contributed by atoms with Crippen molar-refractivity contribution in [3.05, 3.63) is 42.3 Å². The monoisotopic (exact) mass is 142 g/mol. The second-order valence-corrected chi connectivity index (χ2v) is 2.67. The van der Waals surface area contributed by atoms with Gasteiger partial charge in [-0.25, -0.2) is 0 Å². The molecule has 0 amide bonds. The molecule has 56 valence electrons. The Balaban J connectivity index is 0. The molecule has 11 heavy (non-hydrogen) atoms. The maximum Gasteiger partial charge on any atom is 1.00 e. The van der Waals surface area contributed by atoms with E-state index >= 15 is 0 Å². The van der Waals surface area contributed by atoms with Gasteiger partial charge in [-0.05, 0) is 20.8 Å². The summed E-state index contributed by atoms with van der Waals surface area (Å²) >= 11 is 0. The standard InChI is InChI=1S/C9H12.CH3.Li/c1-7-4-8(2)6-9(3)5-7;;/h4-6H,1-3H3;1H3;/q;-1;+1. The smallest absolute Gasteiger partial charge is 0.358 e. The molecule has 0 aliphatic carbocycles. The van der Waals surface area contributed by atoms with Crippen molar-refractivity contribution in [1.29, 1.82) is 0 Å². The Morgan fingerprint density at radius 3 is 1.09 bits per heavy atom. The van der Waals surface area contributed by atoms with Crippen molar-refractivity contribution >= 4 is 0 Å². The molecule has 0 heterocycles. The summed E-state index contributed by atoms with van der Waals surface area (Å²) in [5.41, 5.74) is 4.06. The van der Waals surface area contributed by atoms with Crippen LogP contribution in [0.15, 0.2) is 18.2 Å². The van der Waals surface area contributed by atoms with E-state index < -0.39 is 0 Å². The third-order valence-electron chi connectivity index (χ3n) is 1.37. The van der Waals surface area contributed by atoms with E-state index in [-0.39, 0.29) is 26.3 Å². The molecule has 0 saturated carbocycles. The fourth-order valence-corrected chi connectivity index (χ4v) is 1.20. The predicted octanol–water partition coefficient (Wildman–Crippen LogP) is 0.0662.